The van der Waals surface area contributed by atoms with E-state index in [9.17, 15) is 13.5 Å². The topological polar surface area (TPSA) is 79.3 Å². The third-order valence-corrected chi connectivity index (χ3v) is 6.66. The lowest BCUT2D eigenvalue weighted by Crippen LogP contribution is -2.14. The van der Waals surface area contributed by atoms with Gasteiger partial charge in [0.25, 0.3) is 10.0 Å². The van der Waals surface area contributed by atoms with Gasteiger partial charge in [0.1, 0.15) is 6.10 Å². The number of aliphatic hydroxyl groups is 1. The highest BCUT2D eigenvalue weighted by atomic mass is 35.5. The van der Waals surface area contributed by atoms with Crippen LogP contribution in [0.5, 0.6) is 0 Å². The van der Waals surface area contributed by atoms with Gasteiger partial charge < -0.3 is 5.11 Å². The zero-order valence-electron chi connectivity index (χ0n) is 13.9. The SMILES string of the molecule is Cc1c(Cl)cccc1S(=O)(=O)Nc1nc(C(O)Cc2ccccc2)cs1. The van der Waals surface area contributed by atoms with Crippen molar-refractivity contribution < 1.29 is 13.5 Å². The number of halogens is 1. The number of nitrogens with one attached hydrogen (secondary N) is 1. The lowest BCUT2D eigenvalue weighted by Gasteiger charge is -2.09. The summed E-state index contributed by atoms with van der Waals surface area (Å²) in [5.41, 5.74) is 1.88. The van der Waals surface area contributed by atoms with Gasteiger partial charge >= 0.3 is 0 Å². The van der Waals surface area contributed by atoms with E-state index in [0.29, 0.717) is 22.7 Å². The fourth-order valence-electron chi connectivity index (χ4n) is 2.48. The molecule has 2 N–H and O–H groups in total. The van der Waals surface area contributed by atoms with Crippen LogP contribution in [0.2, 0.25) is 5.02 Å². The summed E-state index contributed by atoms with van der Waals surface area (Å²) in [6.45, 7) is 1.65. The molecule has 1 aromatic heterocycles. The van der Waals surface area contributed by atoms with Crippen LogP contribution in [0, 0.1) is 6.92 Å². The maximum absolute atomic E-state index is 12.6. The van der Waals surface area contributed by atoms with Crippen molar-refractivity contribution in [1.82, 2.24) is 4.98 Å². The fraction of sp³-hybridized carbons (Fsp3) is 0.167. The number of sulfonamides is 1. The minimum atomic E-state index is -3.81. The van der Waals surface area contributed by atoms with E-state index in [-0.39, 0.29) is 10.0 Å². The van der Waals surface area contributed by atoms with Crippen molar-refractivity contribution in [3.05, 3.63) is 75.8 Å². The van der Waals surface area contributed by atoms with E-state index in [4.69, 9.17) is 11.6 Å². The average molecular weight is 409 g/mol. The van der Waals surface area contributed by atoms with Gasteiger partial charge in [0.2, 0.25) is 0 Å². The molecule has 1 unspecified atom stereocenters. The lowest BCUT2D eigenvalue weighted by molar-refractivity contribution is 0.174. The second kappa shape index (κ2) is 7.75. The van der Waals surface area contributed by atoms with Crippen LogP contribution >= 0.6 is 22.9 Å². The highest BCUT2D eigenvalue weighted by Gasteiger charge is 2.21. The number of rotatable bonds is 6. The second-order valence-electron chi connectivity index (χ2n) is 5.75. The van der Waals surface area contributed by atoms with E-state index in [1.165, 1.54) is 6.07 Å². The van der Waals surface area contributed by atoms with Crippen molar-refractivity contribution in [2.24, 2.45) is 0 Å². The van der Waals surface area contributed by atoms with Crippen LogP contribution in [0.1, 0.15) is 22.9 Å². The van der Waals surface area contributed by atoms with Gasteiger partial charge in [-0.25, -0.2) is 13.4 Å². The molecule has 0 saturated carbocycles. The molecule has 0 bridgehead atoms. The minimum absolute atomic E-state index is 0.103. The molecule has 0 aliphatic rings. The summed E-state index contributed by atoms with van der Waals surface area (Å²) in [6, 6.07) is 14.2. The van der Waals surface area contributed by atoms with Gasteiger partial charge in [-0.15, -0.1) is 11.3 Å². The molecule has 0 aliphatic heterocycles. The number of benzene rings is 2. The van der Waals surface area contributed by atoms with Gasteiger partial charge in [0.15, 0.2) is 5.13 Å². The van der Waals surface area contributed by atoms with Gasteiger partial charge in [-0.2, -0.15) is 0 Å². The van der Waals surface area contributed by atoms with Crippen molar-refractivity contribution in [1.29, 1.82) is 0 Å². The summed E-state index contributed by atoms with van der Waals surface area (Å²) in [4.78, 5) is 4.32. The van der Waals surface area contributed by atoms with Gasteiger partial charge in [-0.1, -0.05) is 48.0 Å². The number of aromatic nitrogens is 1. The molecule has 0 radical (unpaired) electrons. The molecule has 136 valence electrons. The molecule has 3 rings (SSSR count). The van der Waals surface area contributed by atoms with Gasteiger partial charge in [-0.3, -0.25) is 4.72 Å². The third kappa shape index (κ3) is 4.24. The normalized spacial score (nSPS) is 12.7. The standard InChI is InChI=1S/C18H17ClN2O3S2/c1-12-14(19)8-5-9-17(12)26(23,24)21-18-20-15(11-25-18)16(22)10-13-6-3-2-4-7-13/h2-9,11,16,22H,10H2,1H3,(H,20,21). The Morgan fingerprint density at radius 3 is 2.65 bits per heavy atom. The Labute approximate surface area is 161 Å². The lowest BCUT2D eigenvalue weighted by atomic mass is 10.1. The van der Waals surface area contributed by atoms with Crippen molar-refractivity contribution in [3.63, 3.8) is 0 Å². The first-order valence-corrected chi connectivity index (χ1v) is 10.6. The van der Waals surface area contributed by atoms with Gasteiger partial charge in [0, 0.05) is 16.8 Å². The first kappa shape index (κ1) is 18.8. The number of hydrogen-bond donors (Lipinski definition) is 2. The summed E-state index contributed by atoms with van der Waals surface area (Å²) in [6.07, 6.45) is -0.399. The number of hydrogen-bond acceptors (Lipinski definition) is 5. The molecule has 5 nitrogen and oxygen atoms in total. The molecule has 8 heteroatoms. The molecular formula is C18H17ClN2O3S2. The van der Waals surface area contributed by atoms with E-state index in [1.54, 1.807) is 24.4 Å². The summed E-state index contributed by atoms with van der Waals surface area (Å²) in [7, 11) is -3.81. The Balaban J connectivity index is 1.76. The molecule has 0 saturated heterocycles. The molecule has 1 atom stereocenters. The zero-order chi connectivity index (χ0) is 18.7. The Hall–Kier alpha value is -1.93. The van der Waals surface area contributed by atoms with Crippen LogP contribution in [0.3, 0.4) is 0 Å². The molecule has 26 heavy (non-hydrogen) atoms. The van der Waals surface area contributed by atoms with Crippen LogP contribution in [0.4, 0.5) is 5.13 Å². The molecule has 2 aromatic carbocycles. The van der Waals surface area contributed by atoms with Crippen LogP contribution in [0.25, 0.3) is 0 Å². The summed E-state index contributed by atoms with van der Waals surface area (Å²) in [5.74, 6) is 0. The van der Waals surface area contributed by atoms with Crippen LogP contribution < -0.4 is 4.72 Å². The predicted octanol–water partition coefficient (Wildman–Crippen LogP) is 4.18. The van der Waals surface area contributed by atoms with E-state index in [2.05, 4.69) is 9.71 Å². The Bertz CT molecular complexity index is 1000. The summed E-state index contributed by atoms with van der Waals surface area (Å²) < 4.78 is 27.6. The Kier molecular flexibility index (Phi) is 5.62. The third-order valence-electron chi connectivity index (χ3n) is 3.86. The van der Waals surface area contributed by atoms with Gasteiger partial charge in [0.05, 0.1) is 10.6 Å². The molecule has 0 amide bonds. The number of aliphatic hydroxyl groups excluding tert-OH is 1. The Morgan fingerprint density at radius 1 is 1.19 bits per heavy atom. The van der Waals surface area contributed by atoms with E-state index in [1.807, 2.05) is 30.3 Å². The summed E-state index contributed by atoms with van der Waals surface area (Å²) in [5, 5.41) is 12.6. The first-order chi connectivity index (χ1) is 12.4. The van der Waals surface area contributed by atoms with Crippen molar-refractivity contribution in [2.75, 3.05) is 4.72 Å². The minimum Gasteiger partial charge on any atom is -0.386 e. The van der Waals surface area contributed by atoms with E-state index >= 15 is 0 Å². The van der Waals surface area contributed by atoms with Crippen LogP contribution in [0.15, 0.2) is 58.8 Å². The largest absolute Gasteiger partial charge is 0.386 e. The first-order valence-electron chi connectivity index (χ1n) is 7.82. The highest BCUT2D eigenvalue weighted by Crippen LogP contribution is 2.28. The van der Waals surface area contributed by atoms with Crippen molar-refractivity contribution in [3.8, 4) is 0 Å². The molecule has 3 aromatic rings. The highest BCUT2D eigenvalue weighted by molar-refractivity contribution is 7.93. The van der Waals surface area contributed by atoms with Crippen LogP contribution in [-0.4, -0.2) is 18.5 Å². The molecule has 0 aliphatic carbocycles. The average Bonchev–Trinajstić information content (AvgIpc) is 3.06. The maximum Gasteiger partial charge on any atom is 0.263 e. The summed E-state index contributed by atoms with van der Waals surface area (Å²) >= 11 is 7.13. The number of anilines is 1. The quantitative estimate of drug-likeness (QED) is 0.641. The number of nitrogens with zero attached hydrogens (tertiary/aromatic N) is 1. The van der Waals surface area contributed by atoms with Crippen LogP contribution in [-0.2, 0) is 16.4 Å². The van der Waals surface area contributed by atoms with Crippen molar-refractivity contribution in [2.45, 2.75) is 24.3 Å². The predicted molar refractivity (Wildman–Crippen MR) is 104 cm³/mol. The monoisotopic (exact) mass is 408 g/mol. The van der Waals surface area contributed by atoms with E-state index < -0.39 is 16.1 Å². The van der Waals surface area contributed by atoms with Gasteiger partial charge in [-0.05, 0) is 30.2 Å². The fourth-order valence-corrected chi connectivity index (χ4v) is 4.99. The molecule has 0 fully saturated rings. The molecular weight excluding hydrogens is 392 g/mol. The zero-order valence-corrected chi connectivity index (χ0v) is 16.3. The molecule has 1 heterocycles. The number of thiazole rings is 1. The Morgan fingerprint density at radius 2 is 1.92 bits per heavy atom. The van der Waals surface area contributed by atoms with E-state index in [0.717, 1.165) is 16.9 Å². The smallest absolute Gasteiger partial charge is 0.263 e. The maximum atomic E-state index is 12.6. The van der Waals surface area contributed by atoms with Crippen molar-refractivity contribution >= 4 is 38.1 Å². The molecule has 0 spiro atoms. The second-order valence-corrected chi connectivity index (χ2v) is 8.67.